The van der Waals surface area contributed by atoms with Crippen LogP contribution in [-0.4, -0.2) is 46.3 Å². The van der Waals surface area contributed by atoms with E-state index in [1.165, 1.54) is 32.7 Å². The highest BCUT2D eigenvalue weighted by molar-refractivity contribution is 7.89. The van der Waals surface area contributed by atoms with Gasteiger partial charge >= 0.3 is 0 Å². The molecule has 0 unspecified atom stereocenters. The summed E-state index contributed by atoms with van der Waals surface area (Å²) in [6.07, 6.45) is 4.44. The molecular formula is C18H20ClN5O3S2. The van der Waals surface area contributed by atoms with Crippen molar-refractivity contribution in [1.82, 2.24) is 18.8 Å². The van der Waals surface area contributed by atoms with Crippen molar-refractivity contribution in [2.24, 2.45) is 5.92 Å². The lowest BCUT2D eigenvalue weighted by Crippen LogP contribution is -2.38. The Balaban J connectivity index is 1.42. The summed E-state index contributed by atoms with van der Waals surface area (Å²) < 4.78 is 29.3. The van der Waals surface area contributed by atoms with Crippen molar-refractivity contribution in [1.29, 1.82) is 0 Å². The first-order chi connectivity index (χ1) is 13.8. The minimum atomic E-state index is -3.63. The Morgan fingerprint density at radius 3 is 2.86 bits per heavy atom. The Hall–Kier alpha value is -2.01. The zero-order chi connectivity index (χ0) is 20.6. The van der Waals surface area contributed by atoms with Gasteiger partial charge in [0.1, 0.15) is 6.54 Å². The van der Waals surface area contributed by atoms with Gasteiger partial charge in [-0.25, -0.2) is 18.4 Å². The van der Waals surface area contributed by atoms with Crippen molar-refractivity contribution >= 4 is 54.2 Å². The molecule has 1 aliphatic rings. The van der Waals surface area contributed by atoms with Crippen molar-refractivity contribution in [2.45, 2.75) is 31.3 Å². The third-order valence-corrected chi connectivity index (χ3v) is 7.83. The molecule has 4 rings (SSSR count). The molecule has 3 aromatic rings. The van der Waals surface area contributed by atoms with Gasteiger partial charge in [-0.1, -0.05) is 29.9 Å². The second kappa shape index (κ2) is 8.02. The van der Waals surface area contributed by atoms with Gasteiger partial charge in [-0.05, 0) is 37.0 Å². The molecule has 0 spiro atoms. The molecule has 0 saturated carbocycles. The molecule has 29 heavy (non-hydrogen) atoms. The van der Waals surface area contributed by atoms with E-state index in [0.29, 0.717) is 29.2 Å². The number of amides is 1. The average molecular weight is 454 g/mol. The molecule has 8 nitrogen and oxygen atoms in total. The molecule has 1 saturated heterocycles. The SMILES string of the molecule is CC1CCN(S(=O)(=O)c2cn(CC(=O)Nc3nc4ccc(Cl)cc4s3)cn2)CC1. The van der Waals surface area contributed by atoms with E-state index >= 15 is 0 Å². The number of hydrogen-bond donors (Lipinski definition) is 1. The zero-order valence-electron chi connectivity index (χ0n) is 15.7. The van der Waals surface area contributed by atoms with E-state index in [1.807, 2.05) is 0 Å². The van der Waals surface area contributed by atoms with Crippen LogP contribution in [0.25, 0.3) is 10.2 Å². The molecule has 1 aromatic carbocycles. The van der Waals surface area contributed by atoms with Gasteiger partial charge in [0, 0.05) is 24.3 Å². The maximum absolute atomic E-state index is 12.7. The van der Waals surface area contributed by atoms with Crippen LogP contribution in [-0.2, 0) is 21.4 Å². The first-order valence-electron chi connectivity index (χ1n) is 9.19. The van der Waals surface area contributed by atoms with Crippen LogP contribution in [0.2, 0.25) is 5.02 Å². The maximum Gasteiger partial charge on any atom is 0.262 e. The summed E-state index contributed by atoms with van der Waals surface area (Å²) >= 11 is 7.30. The number of carbonyl (C=O) groups excluding carboxylic acids is 1. The minimum absolute atomic E-state index is 0.0329. The predicted octanol–water partition coefficient (Wildman–Crippen LogP) is 3.21. The third kappa shape index (κ3) is 4.45. The summed E-state index contributed by atoms with van der Waals surface area (Å²) in [5, 5.41) is 3.77. The van der Waals surface area contributed by atoms with Crippen molar-refractivity contribution in [3.05, 3.63) is 35.7 Å². The number of anilines is 1. The Morgan fingerprint density at radius 2 is 2.10 bits per heavy atom. The number of thiazole rings is 1. The van der Waals surface area contributed by atoms with Gasteiger partial charge in [0.25, 0.3) is 10.0 Å². The Labute approximate surface area is 177 Å². The fraction of sp³-hybridized carbons (Fsp3) is 0.389. The van der Waals surface area contributed by atoms with Gasteiger partial charge in [-0.2, -0.15) is 4.31 Å². The van der Waals surface area contributed by atoms with E-state index in [4.69, 9.17) is 11.6 Å². The number of rotatable bonds is 5. The number of nitrogens with zero attached hydrogens (tertiary/aromatic N) is 4. The zero-order valence-corrected chi connectivity index (χ0v) is 18.1. The number of aromatic nitrogens is 3. The number of halogens is 1. The number of piperidine rings is 1. The van der Waals surface area contributed by atoms with E-state index in [2.05, 4.69) is 22.2 Å². The fourth-order valence-corrected chi connectivity index (χ4v) is 5.76. The van der Waals surface area contributed by atoms with Crippen LogP contribution in [0.15, 0.2) is 35.7 Å². The van der Waals surface area contributed by atoms with Gasteiger partial charge < -0.3 is 9.88 Å². The molecule has 1 N–H and O–H groups in total. The average Bonchev–Trinajstić information content (AvgIpc) is 3.28. The Kier molecular flexibility index (Phi) is 5.60. The first kappa shape index (κ1) is 20.3. The van der Waals surface area contributed by atoms with Crippen molar-refractivity contribution < 1.29 is 13.2 Å². The van der Waals surface area contributed by atoms with E-state index in [-0.39, 0.29) is 17.5 Å². The van der Waals surface area contributed by atoms with Crippen molar-refractivity contribution in [2.75, 3.05) is 18.4 Å². The lowest BCUT2D eigenvalue weighted by molar-refractivity contribution is -0.116. The maximum atomic E-state index is 12.7. The number of hydrogen-bond acceptors (Lipinski definition) is 6. The molecule has 1 aliphatic heterocycles. The lowest BCUT2D eigenvalue weighted by atomic mass is 10.0. The topological polar surface area (TPSA) is 97.2 Å². The molecule has 1 amide bonds. The highest BCUT2D eigenvalue weighted by Gasteiger charge is 2.29. The molecule has 0 atom stereocenters. The van der Waals surface area contributed by atoms with Crippen LogP contribution in [0.1, 0.15) is 19.8 Å². The van der Waals surface area contributed by atoms with Crippen LogP contribution < -0.4 is 5.32 Å². The normalized spacial score (nSPS) is 16.3. The van der Waals surface area contributed by atoms with Gasteiger partial charge in [0.15, 0.2) is 10.2 Å². The molecule has 3 heterocycles. The smallest absolute Gasteiger partial charge is 0.262 e. The van der Waals surface area contributed by atoms with E-state index in [9.17, 15) is 13.2 Å². The summed E-state index contributed by atoms with van der Waals surface area (Å²) in [6.45, 7) is 3.06. The predicted molar refractivity (Wildman–Crippen MR) is 113 cm³/mol. The number of benzene rings is 1. The lowest BCUT2D eigenvalue weighted by Gasteiger charge is -2.28. The van der Waals surface area contributed by atoms with Crippen LogP contribution in [0.4, 0.5) is 5.13 Å². The van der Waals surface area contributed by atoms with Gasteiger partial charge in [0.2, 0.25) is 5.91 Å². The van der Waals surface area contributed by atoms with Crippen LogP contribution in [0.5, 0.6) is 0 Å². The standard InChI is InChI=1S/C18H20ClN5O3S2/c1-12-4-6-24(7-5-12)29(26,27)17-10-23(11-20-17)9-16(25)22-18-21-14-3-2-13(19)8-15(14)28-18/h2-3,8,10-12H,4-7,9H2,1H3,(H,21,22,25). The summed E-state index contributed by atoms with van der Waals surface area (Å²) in [5.41, 5.74) is 0.751. The number of fused-ring (bicyclic) bond motifs is 1. The second-order valence-corrected chi connectivity index (χ2v) is 10.5. The first-order valence-corrected chi connectivity index (χ1v) is 11.8. The van der Waals surface area contributed by atoms with E-state index in [1.54, 1.807) is 18.2 Å². The summed E-state index contributed by atoms with van der Waals surface area (Å²) in [7, 11) is -3.63. The summed E-state index contributed by atoms with van der Waals surface area (Å²) in [5.74, 6) is 0.213. The Morgan fingerprint density at radius 1 is 1.34 bits per heavy atom. The number of sulfonamides is 1. The highest BCUT2D eigenvalue weighted by Crippen LogP contribution is 2.28. The minimum Gasteiger partial charge on any atom is -0.327 e. The molecule has 0 bridgehead atoms. The van der Waals surface area contributed by atoms with E-state index < -0.39 is 10.0 Å². The molecular weight excluding hydrogens is 434 g/mol. The van der Waals surface area contributed by atoms with E-state index in [0.717, 1.165) is 23.1 Å². The van der Waals surface area contributed by atoms with Gasteiger partial charge in [-0.15, -0.1) is 0 Å². The molecule has 11 heteroatoms. The fourth-order valence-electron chi connectivity index (χ4n) is 3.19. The summed E-state index contributed by atoms with van der Waals surface area (Å²) in [4.78, 5) is 20.7. The number of carbonyl (C=O) groups is 1. The number of imidazole rings is 1. The molecule has 154 valence electrons. The van der Waals surface area contributed by atoms with Crippen LogP contribution in [0.3, 0.4) is 0 Å². The van der Waals surface area contributed by atoms with Gasteiger partial charge in [0.05, 0.1) is 16.5 Å². The molecule has 2 aromatic heterocycles. The molecule has 1 fully saturated rings. The molecule has 0 aliphatic carbocycles. The molecule has 0 radical (unpaired) electrons. The highest BCUT2D eigenvalue weighted by atomic mass is 35.5. The summed E-state index contributed by atoms with van der Waals surface area (Å²) in [6, 6.07) is 5.32. The van der Waals surface area contributed by atoms with Gasteiger partial charge in [-0.3, -0.25) is 4.79 Å². The van der Waals surface area contributed by atoms with Crippen molar-refractivity contribution in [3.8, 4) is 0 Å². The monoisotopic (exact) mass is 453 g/mol. The Bertz CT molecular complexity index is 1150. The quantitative estimate of drug-likeness (QED) is 0.639. The second-order valence-electron chi connectivity index (χ2n) is 7.15. The largest absolute Gasteiger partial charge is 0.327 e. The number of nitrogens with one attached hydrogen (secondary N) is 1. The van der Waals surface area contributed by atoms with Crippen molar-refractivity contribution in [3.63, 3.8) is 0 Å². The third-order valence-electron chi connectivity index (χ3n) is 4.88. The van der Waals surface area contributed by atoms with Crippen LogP contribution >= 0.6 is 22.9 Å². The van der Waals surface area contributed by atoms with Crippen LogP contribution in [0, 0.1) is 5.92 Å².